The first kappa shape index (κ1) is 31.1. The largest absolute Gasteiger partial charge is 0.494 e. The van der Waals surface area contributed by atoms with Crippen molar-refractivity contribution in [2.24, 2.45) is 0 Å². The van der Waals surface area contributed by atoms with Gasteiger partial charge in [0.05, 0.1) is 29.7 Å². The van der Waals surface area contributed by atoms with Gasteiger partial charge in [0.2, 0.25) is 17.1 Å². The highest BCUT2D eigenvalue weighted by atomic mass is 35.5. The molecule has 0 saturated heterocycles. The summed E-state index contributed by atoms with van der Waals surface area (Å²) < 4.78 is 19.7. The van der Waals surface area contributed by atoms with Gasteiger partial charge < -0.3 is 25.2 Å². The Hall–Kier alpha value is -4.80. The maximum absolute atomic E-state index is 14.0. The molecule has 11 heteroatoms. The number of anilines is 4. The number of aromatic nitrogens is 2. The van der Waals surface area contributed by atoms with Gasteiger partial charge in [-0.3, -0.25) is 9.59 Å². The Morgan fingerprint density at radius 1 is 1.09 bits per heavy atom. The second kappa shape index (κ2) is 13.9. The third-order valence-electron chi connectivity index (χ3n) is 6.57. The van der Waals surface area contributed by atoms with Crippen molar-refractivity contribution < 1.29 is 18.7 Å². The number of carbonyl (C=O) groups is 2. The Morgan fingerprint density at radius 2 is 1.86 bits per heavy atom. The number of benzene rings is 3. The Bertz CT molecular complexity index is 1690. The van der Waals surface area contributed by atoms with E-state index >= 15 is 0 Å². The normalized spacial score (nSPS) is 10.8. The standard InChI is InChI=1S/C32H32ClFN6O3/c1-6-29(41)36-25-16-26(28(43-5)17-27(25)40(14-13-39(3)4)19-20(2)31(33)42)37-32-35-18-22-10-8-12-24(30(22)38-32)21-9-7-11-23(34)15-21/h6-12,15-18H,1-2,13-14,19H2,3-5H3,(H,36,41)(H,35,37,38). The van der Waals surface area contributed by atoms with Crippen LogP contribution in [-0.2, 0) is 9.59 Å². The first-order chi connectivity index (χ1) is 20.6. The molecule has 0 fully saturated rings. The van der Waals surface area contributed by atoms with Crippen molar-refractivity contribution >= 4 is 56.7 Å². The summed E-state index contributed by atoms with van der Waals surface area (Å²) in [4.78, 5) is 37.4. The van der Waals surface area contributed by atoms with E-state index in [0.717, 1.165) is 17.0 Å². The summed E-state index contributed by atoms with van der Waals surface area (Å²) in [6.07, 6.45) is 2.83. The maximum atomic E-state index is 14.0. The van der Waals surface area contributed by atoms with E-state index in [1.54, 1.807) is 24.4 Å². The Morgan fingerprint density at radius 3 is 2.53 bits per heavy atom. The van der Waals surface area contributed by atoms with Gasteiger partial charge in [-0.15, -0.1) is 0 Å². The molecule has 0 atom stereocenters. The van der Waals surface area contributed by atoms with E-state index in [2.05, 4.69) is 28.8 Å². The van der Waals surface area contributed by atoms with Crippen molar-refractivity contribution in [1.82, 2.24) is 14.9 Å². The van der Waals surface area contributed by atoms with Crippen LogP contribution in [0.3, 0.4) is 0 Å². The molecule has 4 rings (SSSR count). The van der Waals surface area contributed by atoms with Gasteiger partial charge in [0.25, 0.3) is 0 Å². The number of fused-ring (bicyclic) bond motifs is 1. The monoisotopic (exact) mass is 602 g/mol. The predicted octanol–water partition coefficient (Wildman–Crippen LogP) is 6.00. The molecule has 0 bridgehead atoms. The van der Waals surface area contributed by atoms with Crippen LogP contribution in [0.5, 0.6) is 5.75 Å². The van der Waals surface area contributed by atoms with Crippen LogP contribution < -0.4 is 20.3 Å². The number of ether oxygens (including phenoxy) is 1. The van der Waals surface area contributed by atoms with E-state index in [1.165, 1.54) is 19.2 Å². The van der Waals surface area contributed by atoms with E-state index < -0.39 is 11.1 Å². The minimum atomic E-state index is -0.650. The molecule has 0 aliphatic rings. The number of carbonyl (C=O) groups excluding carboxylic acids is 2. The smallest absolute Gasteiger partial charge is 0.249 e. The number of hydrogen-bond donors (Lipinski definition) is 2. The van der Waals surface area contributed by atoms with Gasteiger partial charge >= 0.3 is 0 Å². The van der Waals surface area contributed by atoms with Crippen LogP contribution in [0.1, 0.15) is 0 Å². The molecule has 0 spiro atoms. The van der Waals surface area contributed by atoms with Crippen LogP contribution in [0.25, 0.3) is 22.0 Å². The molecule has 0 aliphatic carbocycles. The molecule has 4 aromatic rings. The summed E-state index contributed by atoms with van der Waals surface area (Å²) in [5.74, 6) is -0.0985. The number of nitrogens with zero attached hydrogens (tertiary/aromatic N) is 4. The molecule has 9 nitrogen and oxygen atoms in total. The average Bonchev–Trinajstić information content (AvgIpc) is 2.98. The minimum absolute atomic E-state index is 0.125. The van der Waals surface area contributed by atoms with Crippen LogP contribution in [0.15, 0.2) is 85.6 Å². The molecule has 1 heterocycles. The van der Waals surface area contributed by atoms with Crippen LogP contribution in [-0.4, -0.2) is 66.9 Å². The zero-order chi connectivity index (χ0) is 31.1. The SMILES string of the molecule is C=CC(=O)Nc1cc(Nc2ncc3cccc(-c4cccc(F)c4)c3n2)c(OC)cc1N(CCN(C)C)CC(=C)C(=O)Cl. The number of hydrogen-bond acceptors (Lipinski definition) is 8. The van der Waals surface area contributed by atoms with Crippen LogP contribution in [0.2, 0.25) is 0 Å². The van der Waals surface area contributed by atoms with Crippen LogP contribution >= 0.6 is 11.6 Å². The van der Waals surface area contributed by atoms with E-state index in [9.17, 15) is 14.0 Å². The number of halogens is 2. The predicted molar refractivity (Wildman–Crippen MR) is 171 cm³/mol. The van der Waals surface area contributed by atoms with Crippen molar-refractivity contribution in [3.63, 3.8) is 0 Å². The lowest BCUT2D eigenvalue weighted by atomic mass is 10.0. The summed E-state index contributed by atoms with van der Waals surface area (Å²) in [6, 6.07) is 15.3. The summed E-state index contributed by atoms with van der Waals surface area (Å²) >= 11 is 5.72. The molecule has 0 aliphatic heterocycles. The summed E-state index contributed by atoms with van der Waals surface area (Å²) in [6.45, 7) is 8.62. The first-order valence-electron chi connectivity index (χ1n) is 13.3. The topological polar surface area (TPSA) is 99.7 Å². The third-order valence-corrected chi connectivity index (χ3v) is 6.84. The molecule has 3 aromatic carbocycles. The molecular weight excluding hydrogens is 571 g/mol. The van der Waals surface area contributed by atoms with Gasteiger partial charge in [-0.25, -0.2) is 14.4 Å². The number of para-hydroxylation sites is 1. The lowest BCUT2D eigenvalue weighted by Crippen LogP contribution is -2.34. The highest BCUT2D eigenvalue weighted by Crippen LogP contribution is 2.39. The number of amides is 1. The maximum Gasteiger partial charge on any atom is 0.249 e. The van der Waals surface area contributed by atoms with Gasteiger partial charge in [0.15, 0.2) is 0 Å². The lowest BCUT2D eigenvalue weighted by Gasteiger charge is -2.29. The van der Waals surface area contributed by atoms with Gasteiger partial charge in [0, 0.05) is 48.4 Å². The summed E-state index contributed by atoms with van der Waals surface area (Å²) in [5.41, 5.74) is 3.71. The molecule has 1 amide bonds. The Kier molecular flexibility index (Phi) is 10.1. The van der Waals surface area contributed by atoms with Crippen LogP contribution in [0, 0.1) is 5.82 Å². The Balaban J connectivity index is 1.79. The zero-order valence-electron chi connectivity index (χ0n) is 24.2. The number of methoxy groups -OCH3 is 1. The third kappa shape index (κ3) is 7.73. The fourth-order valence-electron chi connectivity index (χ4n) is 4.40. The lowest BCUT2D eigenvalue weighted by molar-refractivity contribution is -0.112. The van der Waals surface area contributed by atoms with Gasteiger partial charge in [0.1, 0.15) is 11.6 Å². The first-order valence-corrected chi connectivity index (χ1v) is 13.7. The van der Waals surface area contributed by atoms with Crippen molar-refractivity contribution in [2.75, 3.05) is 56.4 Å². The second-order valence-corrected chi connectivity index (χ2v) is 10.3. The summed E-state index contributed by atoms with van der Waals surface area (Å²) in [7, 11) is 5.37. The number of likely N-dealkylation sites (N-methyl/N-ethyl adjacent to an activating group) is 1. The molecule has 222 valence electrons. The molecule has 0 radical (unpaired) electrons. The number of rotatable bonds is 13. The molecular formula is C32H32ClFN6O3. The van der Waals surface area contributed by atoms with E-state index in [-0.39, 0.29) is 23.9 Å². The van der Waals surface area contributed by atoms with Gasteiger partial charge in [-0.05, 0) is 55.5 Å². The van der Waals surface area contributed by atoms with Crippen molar-refractivity contribution in [3.05, 3.63) is 91.4 Å². The molecule has 0 unspecified atom stereocenters. The zero-order valence-corrected chi connectivity index (χ0v) is 24.9. The van der Waals surface area contributed by atoms with Gasteiger partial charge in [-0.2, -0.15) is 0 Å². The molecule has 1 aromatic heterocycles. The van der Waals surface area contributed by atoms with Gasteiger partial charge in [-0.1, -0.05) is 43.5 Å². The second-order valence-electron chi connectivity index (χ2n) is 9.94. The van der Waals surface area contributed by atoms with E-state index in [4.69, 9.17) is 21.3 Å². The summed E-state index contributed by atoms with van der Waals surface area (Å²) in [5, 5.41) is 6.16. The molecule has 2 N–H and O–H groups in total. The quantitative estimate of drug-likeness (QED) is 0.142. The Labute approximate surface area is 254 Å². The van der Waals surface area contributed by atoms with Crippen molar-refractivity contribution in [1.29, 1.82) is 0 Å². The van der Waals surface area contributed by atoms with E-state index in [0.29, 0.717) is 47.0 Å². The fourth-order valence-corrected chi connectivity index (χ4v) is 4.46. The van der Waals surface area contributed by atoms with Crippen molar-refractivity contribution in [3.8, 4) is 16.9 Å². The highest BCUT2D eigenvalue weighted by Gasteiger charge is 2.20. The molecule has 43 heavy (non-hydrogen) atoms. The molecule has 0 saturated carbocycles. The number of nitrogens with one attached hydrogen (secondary N) is 2. The van der Waals surface area contributed by atoms with E-state index in [1.807, 2.05) is 48.2 Å². The minimum Gasteiger partial charge on any atom is -0.494 e. The van der Waals surface area contributed by atoms with Crippen molar-refractivity contribution in [2.45, 2.75) is 0 Å². The average molecular weight is 603 g/mol. The fraction of sp³-hybridized carbons (Fsp3) is 0.188. The highest BCUT2D eigenvalue weighted by molar-refractivity contribution is 6.67. The van der Waals surface area contributed by atoms with Crippen LogP contribution in [0.4, 0.5) is 27.4 Å².